The molecule has 1 aromatic heterocycles. The van der Waals surface area contributed by atoms with Crippen molar-refractivity contribution in [1.82, 2.24) is 10.2 Å². The molecule has 0 fully saturated rings. The van der Waals surface area contributed by atoms with E-state index in [1.54, 1.807) is 36.4 Å². The fourth-order valence-electron chi connectivity index (χ4n) is 2.19. The van der Waals surface area contributed by atoms with Gasteiger partial charge >= 0.3 is 0 Å². The molecule has 2 aromatic carbocycles. The van der Waals surface area contributed by atoms with Gasteiger partial charge in [-0.1, -0.05) is 0 Å². The van der Waals surface area contributed by atoms with Crippen LogP contribution in [0, 0.1) is 12.7 Å². The molecule has 0 amide bonds. The van der Waals surface area contributed by atoms with Crippen LogP contribution in [-0.4, -0.2) is 25.7 Å². The van der Waals surface area contributed by atoms with Crippen molar-refractivity contribution in [2.45, 2.75) is 11.8 Å². The van der Waals surface area contributed by atoms with Gasteiger partial charge in [0.2, 0.25) is 5.88 Å². The van der Waals surface area contributed by atoms with Crippen molar-refractivity contribution < 1.29 is 17.5 Å². The van der Waals surface area contributed by atoms with Crippen LogP contribution in [0.1, 0.15) is 5.69 Å². The number of ether oxygens (including phenoxy) is 1. The van der Waals surface area contributed by atoms with Gasteiger partial charge in [-0.05, 0) is 61.5 Å². The highest BCUT2D eigenvalue weighted by Gasteiger charge is 2.21. The Kier molecular flexibility index (Phi) is 4.85. The molecule has 3 rings (SSSR count). The Bertz CT molecular complexity index is 989. The second-order valence-corrected chi connectivity index (χ2v) is 7.50. The summed E-state index contributed by atoms with van der Waals surface area (Å²) in [6.45, 7) is 1.82. The number of aryl methyl sites for hydroxylation is 1. The van der Waals surface area contributed by atoms with Crippen molar-refractivity contribution >= 4 is 15.7 Å². The van der Waals surface area contributed by atoms with Gasteiger partial charge in [-0.2, -0.15) is 5.10 Å². The maximum absolute atomic E-state index is 13.0. The molecule has 0 unspecified atom stereocenters. The van der Waals surface area contributed by atoms with Crippen LogP contribution in [0.15, 0.2) is 65.6 Å². The van der Waals surface area contributed by atoms with Gasteiger partial charge in [-0.3, -0.25) is 4.31 Å². The van der Waals surface area contributed by atoms with Gasteiger partial charge < -0.3 is 4.74 Å². The molecule has 0 radical (unpaired) electrons. The number of sulfonamides is 1. The van der Waals surface area contributed by atoms with Crippen molar-refractivity contribution in [2.75, 3.05) is 11.4 Å². The highest BCUT2D eigenvalue weighted by Crippen LogP contribution is 2.26. The maximum Gasteiger partial charge on any atom is 0.264 e. The molecule has 0 aliphatic carbocycles. The zero-order chi connectivity index (χ0) is 18.7. The van der Waals surface area contributed by atoms with Gasteiger partial charge in [0.05, 0.1) is 16.3 Å². The molecule has 26 heavy (non-hydrogen) atoms. The highest BCUT2D eigenvalue weighted by atomic mass is 32.2. The molecule has 0 saturated carbocycles. The third-order valence-electron chi connectivity index (χ3n) is 3.67. The average Bonchev–Trinajstić information content (AvgIpc) is 2.64. The number of aromatic nitrogens is 2. The molecule has 8 heteroatoms. The number of nitrogens with zero attached hydrogens (tertiary/aromatic N) is 3. The van der Waals surface area contributed by atoms with Crippen LogP contribution >= 0.6 is 0 Å². The van der Waals surface area contributed by atoms with E-state index in [9.17, 15) is 12.8 Å². The van der Waals surface area contributed by atoms with Crippen LogP contribution < -0.4 is 9.04 Å². The second-order valence-electron chi connectivity index (χ2n) is 5.54. The Morgan fingerprint density at radius 3 is 2.15 bits per heavy atom. The van der Waals surface area contributed by atoms with E-state index in [-0.39, 0.29) is 4.90 Å². The van der Waals surface area contributed by atoms with E-state index in [1.165, 1.54) is 19.2 Å². The molecule has 0 saturated heterocycles. The SMILES string of the molecule is Cc1ccc(Oc2ccc(N(C)S(=O)(=O)c3ccc(F)cc3)cc2)nn1. The maximum atomic E-state index is 13.0. The highest BCUT2D eigenvalue weighted by molar-refractivity contribution is 7.92. The summed E-state index contributed by atoms with van der Waals surface area (Å²) in [7, 11) is -2.35. The van der Waals surface area contributed by atoms with Crippen molar-refractivity contribution in [3.63, 3.8) is 0 Å². The van der Waals surface area contributed by atoms with E-state index in [0.717, 1.165) is 22.1 Å². The van der Waals surface area contributed by atoms with Crippen molar-refractivity contribution in [2.24, 2.45) is 0 Å². The molecule has 134 valence electrons. The zero-order valence-corrected chi connectivity index (χ0v) is 14.9. The normalized spacial score (nSPS) is 11.2. The molecule has 1 heterocycles. The van der Waals surface area contributed by atoms with Crippen LogP contribution in [0.25, 0.3) is 0 Å². The summed E-state index contributed by atoms with van der Waals surface area (Å²) in [5, 5.41) is 7.81. The number of rotatable bonds is 5. The van der Waals surface area contributed by atoms with Crippen LogP contribution in [0.5, 0.6) is 11.6 Å². The molecule has 0 spiro atoms. The molecule has 0 bridgehead atoms. The van der Waals surface area contributed by atoms with E-state index in [0.29, 0.717) is 17.3 Å². The Hall–Kier alpha value is -3.00. The van der Waals surface area contributed by atoms with Gasteiger partial charge in [0.1, 0.15) is 11.6 Å². The third-order valence-corrected chi connectivity index (χ3v) is 5.47. The van der Waals surface area contributed by atoms with E-state index >= 15 is 0 Å². The summed E-state index contributed by atoms with van der Waals surface area (Å²) in [6, 6.07) is 14.6. The number of halogens is 1. The predicted octanol–water partition coefficient (Wildman–Crippen LogP) is 3.54. The van der Waals surface area contributed by atoms with Crippen LogP contribution in [0.3, 0.4) is 0 Å². The van der Waals surface area contributed by atoms with Crippen LogP contribution in [-0.2, 0) is 10.0 Å². The Balaban J connectivity index is 1.78. The van der Waals surface area contributed by atoms with Gasteiger partial charge in [-0.15, -0.1) is 5.10 Å². The van der Waals surface area contributed by atoms with Crippen LogP contribution in [0.2, 0.25) is 0 Å². The summed E-state index contributed by atoms with van der Waals surface area (Å²) in [6.07, 6.45) is 0. The first-order valence-electron chi connectivity index (χ1n) is 7.69. The molecule has 0 aliphatic heterocycles. The molecule has 6 nitrogen and oxygen atoms in total. The monoisotopic (exact) mass is 373 g/mol. The fraction of sp³-hybridized carbons (Fsp3) is 0.111. The minimum Gasteiger partial charge on any atom is -0.438 e. The van der Waals surface area contributed by atoms with Gasteiger partial charge in [-0.25, -0.2) is 12.8 Å². The van der Waals surface area contributed by atoms with Crippen molar-refractivity contribution in [1.29, 1.82) is 0 Å². The first-order valence-corrected chi connectivity index (χ1v) is 9.13. The van der Waals surface area contributed by atoms with Gasteiger partial charge in [0.25, 0.3) is 10.0 Å². The number of hydrogen-bond donors (Lipinski definition) is 0. The summed E-state index contributed by atoms with van der Waals surface area (Å²) >= 11 is 0. The Morgan fingerprint density at radius 1 is 0.923 bits per heavy atom. The lowest BCUT2D eigenvalue weighted by atomic mass is 10.3. The lowest BCUT2D eigenvalue weighted by Crippen LogP contribution is -2.26. The number of hydrogen-bond acceptors (Lipinski definition) is 5. The molecule has 3 aromatic rings. The van der Waals surface area contributed by atoms with E-state index < -0.39 is 15.8 Å². The Labute approximate surface area is 150 Å². The predicted molar refractivity (Wildman–Crippen MR) is 95.3 cm³/mol. The largest absolute Gasteiger partial charge is 0.438 e. The van der Waals surface area contributed by atoms with E-state index in [2.05, 4.69) is 10.2 Å². The average molecular weight is 373 g/mol. The van der Waals surface area contributed by atoms with Crippen molar-refractivity contribution in [3.8, 4) is 11.6 Å². The number of benzene rings is 2. The third kappa shape index (κ3) is 3.80. The summed E-state index contributed by atoms with van der Waals surface area (Å²) in [5.74, 6) is 0.349. The van der Waals surface area contributed by atoms with Gasteiger partial charge in [0, 0.05) is 13.1 Å². The first-order chi connectivity index (χ1) is 12.4. The zero-order valence-electron chi connectivity index (χ0n) is 14.1. The topological polar surface area (TPSA) is 72.4 Å². The lowest BCUT2D eigenvalue weighted by Gasteiger charge is -2.19. The molecule has 0 N–H and O–H groups in total. The second kappa shape index (κ2) is 7.09. The standard InChI is InChI=1S/C18H16FN3O3S/c1-13-3-12-18(21-20-13)25-16-8-6-15(7-9-16)22(2)26(23,24)17-10-4-14(19)5-11-17/h3-12H,1-2H3. The fourth-order valence-corrected chi connectivity index (χ4v) is 3.38. The molecular formula is C18H16FN3O3S. The minimum atomic E-state index is -3.78. The van der Waals surface area contributed by atoms with Gasteiger partial charge in [0.15, 0.2) is 0 Å². The van der Waals surface area contributed by atoms with E-state index in [1.807, 2.05) is 6.92 Å². The molecule has 0 aliphatic rings. The smallest absolute Gasteiger partial charge is 0.264 e. The first kappa shape index (κ1) is 17.8. The molecule has 0 atom stereocenters. The van der Waals surface area contributed by atoms with Crippen LogP contribution in [0.4, 0.5) is 10.1 Å². The van der Waals surface area contributed by atoms with Crippen molar-refractivity contribution in [3.05, 3.63) is 72.2 Å². The van der Waals surface area contributed by atoms with E-state index in [4.69, 9.17) is 4.74 Å². The summed E-state index contributed by atoms with van der Waals surface area (Å²) in [5.41, 5.74) is 1.22. The summed E-state index contributed by atoms with van der Waals surface area (Å²) in [4.78, 5) is 0.0108. The Morgan fingerprint density at radius 2 is 1.58 bits per heavy atom. The summed E-state index contributed by atoms with van der Waals surface area (Å²) < 4.78 is 44.9. The molecular weight excluding hydrogens is 357 g/mol. The quantitative estimate of drug-likeness (QED) is 0.684. The number of anilines is 1. The lowest BCUT2D eigenvalue weighted by molar-refractivity contribution is 0.454. The minimum absolute atomic E-state index is 0.0108.